The summed E-state index contributed by atoms with van der Waals surface area (Å²) in [5.74, 6) is -3.51. The fourth-order valence-corrected chi connectivity index (χ4v) is 3.81. The molecule has 1 spiro atoms. The number of ether oxygens (including phenoxy) is 4. The molecule has 0 bridgehead atoms. The van der Waals surface area contributed by atoms with Crippen LogP contribution in [0.4, 0.5) is 26.3 Å². The van der Waals surface area contributed by atoms with E-state index in [1.54, 1.807) is 0 Å². The molecule has 32 heavy (non-hydrogen) atoms. The summed E-state index contributed by atoms with van der Waals surface area (Å²) in [4.78, 5) is 0. The molecular weight excluding hydrogens is 450 g/mol. The zero-order valence-electron chi connectivity index (χ0n) is 18.6. The van der Waals surface area contributed by atoms with Gasteiger partial charge in [0.15, 0.2) is 23.8 Å². The van der Waals surface area contributed by atoms with Crippen molar-refractivity contribution >= 4 is 0 Å². The van der Waals surface area contributed by atoms with Crippen molar-refractivity contribution in [3.63, 3.8) is 0 Å². The zero-order chi connectivity index (χ0) is 24.6. The van der Waals surface area contributed by atoms with Gasteiger partial charge in [0.05, 0.1) is 26.4 Å². The van der Waals surface area contributed by atoms with Gasteiger partial charge in [-0.15, -0.1) is 0 Å². The van der Waals surface area contributed by atoms with Crippen LogP contribution in [-0.4, -0.2) is 72.8 Å². The summed E-state index contributed by atoms with van der Waals surface area (Å²) in [6.45, 7) is 6.94. The lowest BCUT2D eigenvalue weighted by Gasteiger charge is -2.40. The Bertz CT molecular complexity index is 530. The molecule has 0 amide bonds. The quantitative estimate of drug-likeness (QED) is 0.581. The number of aliphatic hydroxyl groups excluding tert-OH is 2. The van der Waals surface area contributed by atoms with Crippen molar-refractivity contribution in [1.82, 2.24) is 0 Å². The van der Waals surface area contributed by atoms with Crippen molar-refractivity contribution in [2.24, 2.45) is 5.92 Å². The Morgan fingerprint density at radius 2 is 1.28 bits per heavy atom. The maximum atomic E-state index is 12.5. The zero-order valence-corrected chi connectivity index (χ0v) is 18.6. The fourth-order valence-electron chi connectivity index (χ4n) is 3.81. The Balaban J connectivity index is 0.000000300. The summed E-state index contributed by atoms with van der Waals surface area (Å²) >= 11 is 0. The van der Waals surface area contributed by atoms with Crippen LogP contribution in [0.25, 0.3) is 0 Å². The Hall–Kier alpha value is -0.660. The highest BCUT2D eigenvalue weighted by atomic mass is 19.4. The largest absolute Gasteiger partial charge is 0.414 e. The lowest BCUT2D eigenvalue weighted by molar-refractivity contribution is -0.320. The molecule has 1 aliphatic carbocycles. The van der Waals surface area contributed by atoms with Crippen LogP contribution >= 0.6 is 0 Å². The third-order valence-corrected chi connectivity index (χ3v) is 5.35. The lowest BCUT2D eigenvalue weighted by Crippen LogP contribution is -2.51. The van der Waals surface area contributed by atoms with E-state index in [0.717, 1.165) is 0 Å². The Morgan fingerprint density at radius 1 is 0.812 bits per heavy atom. The molecule has 0 aromatic heterocycles. The van der Waals surface area contributed by atoms with E-state index < -0.39 is 48.5 Å². The predicted octanol–water partition coefficient (Wildman–Crippen LogP) is 4.32. The van der Waals surface area contributed by atoms with Gasteiger partial charge < -0.3 is 29.2 Å². The highest BCUT2D eigenvalue weighted by molar-refractivity contribution is 4.94. The Labute approximate surface area is 184 Å². The average Bonchev–Trinajstić information content (AvgIpc) is 3.11. The van der Waals surface area contributed by atoms with Gasteiger partial charge in [-0.25, -0.2) is 0 Å². The molecule has 0 aromatic carbocycles. The van der Waals surface area contributed by atoms with Crippen LogP contribution in [0.15, 0.2) is 0 Å². The van der Waals surface area contributed by atoms with E-state index in [9.17, 15) is 31.4 Å². The third-order valence-electron chi connectivity index (χ3n) is 5.35. The van der Waals surface area contributed by atoms with Gasteiger partial charge in [0.25, 0.3) is 0 Å². The lowest BCUT2D eigenvalue weighted by atomic mass is 9.94. The predicted molar refractivity (Wildman–Crippen MR) is 102 cm³/mol. The van der Waals surface area contributed by atoms with Gasteiger partial charge in [-0.2, -0.15) is 26.3 Å². The summed E-state index contributed by atoms with van der Waals surface area (Å²) in [5, 5.41) is 18.1. The molecule has 1 saturated carbocycles. The molecular formula is C20H34F6O6. The smallest absolute Gasteiger partial charge is 0.383 e. The number of hydrogen-bond donors (Lipinski definition) is 2. The molecule has 3 aliphatic rings. The van der Waals surface area contributed by atoms with Gasteiger partial charge in [-0.05, 0) is 32.6 Å². The van der Waals surface area contributed by atoms with E-state index in [2.05, 4.69) is 0 Å². The second-order valence-corrected chi connectivity index (χ2v) is 7.79. The molecule has 12 heteroatoms. The van der Waals surface area contributed by atoms with Crippen LogP contribution < -0.4 is 0 Å². The molecule has 2 saturated heterocycles. The maximum absolute atomic E-state index is 12.5. The van der Waals surface area contributed by atoms with Crippen molar-refractivity contribution in [3.8, 4) is 0 Å². The summed E-state index contributed by atoms with van der Waals surface area (Å²) in [5.41, 5.74) is 0. The molecule has 0 aromatic rings. The van der Waals surface area contributed by atoms with E-state index in [1.807, 2.05) is 13.8 Å². The van der Waals surface area contributed by atoms with Gasteiger partial charge in [0.2, 0.25) is 0 Å². The number of hydrogen-bond acceptors (Lipinski definition) is 6. The van der Waals surface area contributed by atoms with Crippen LogP contribution in [0.5, 0.6) is 0 Å². The number of halogens is 6. The standard InChI is InChI=1S/C10H15F3O3.C8H13F3O3.C2H6/c11-10(12,13)8(14)7-3-1-4-9(7)15-5-2-6-16-9;1-7(13-3-2-4-14-7)5-6(12)8(9,10)11;1-2/h7-8,14H,1-6H2;6,12H,2-5H2,1H3;1-2H3. The molecule has 192 valence electrons. The first-order chi connectivity index (χ1) is 14.8. The molecule has 0 radical (unpaired) electrons. The summed E-state index contributed by atoms with van der Waals surface area (Å²) in [6.07, 6.45) is -11.9. The topological polar surface area (TPSA) is 77.4 Å². The van der Waals surface area contributed by atoms with E-state index in [1.165, 1.54) is 6.92 Å². The SMILES string of the molecule is CC.CC1(CC(O)C(F)(F)F)OCCCO1.OC(C1CCCC12OCCCO2)C(F)(F)F. The van der Waals surface area contributed by atoms with Crippen molar-refractivity contribution in [2.45, 2.75) is 95.4 Å². The monoisotopic (exact) mass is 484 g/mol. The molecule has 2 heterocycles. The first-order valence-corrected chi connectivity index (χ1v) is 10.8. The van der Waals surface area contributed by atoms with E-state index in [4.69, 9.17) is 24.1 Å². The van der Waals surface area contributed by atoms with Gasteiger partial charge in [0.1, 0.15) is 0 Å². The van der Waals surface area contributed by atoms with Crippen molar-refractivity contribution in [2.75, 3.05) is 26.4 Å². The normalized spacial score (nSPS) is 26.9. The third kappa shape index (κ3) is 8.28. The van der Waals surface area contributed by atoms with E-state index >= 15 is 0 Å². The second-order valence-electron chi connectivity index (χ2n) is 7.79. The molecule has 3 atom stereocenters. The fraction of sp³-hybridized carbons (Fsp3) is 1.00. The summed E-state index contributed by atoms with van der Waals surface area (Å²) < 4.78 is 94.3. The van der Waals surface area contributed by atoms with Crippen LogP contribution in [0, 0.1) is 5.92 Å². The molecule has 3 unspecified atom stereocenters. The maximum Gasteiger partial charge on any atom is 0.414 e. The van der Waals surface area contributed by atoms with Crippen LogP contribution in [0.2, 0.25) is 0 Å². The van der Waals surface area contributed by atoms with Crippen molar-refractivity contribution in [3.05, 3.63) is 0 Å². The first kappa shape index (κ1) is 29.4. The minimum Gasteiger partial charge on any atom is -0.383 e. The summed E-state index contributed by atoms with van der Waals surface area (Å²) in [6, 6.07) is 0. The van der Waals surface area contributed by atoms with E-state index in [0.29, 0.717) is 58.5 Å². The highest BCUT2D eigenvalue weighted by Crippen LogP contribution is 2.46. The minimum atomic E-state index is -4.62. The summed E-state index contributed by atoms with van der Waals surface area (Å²) in [7, 11) is 0. The molecule has 6 nitrogen and oxygen atoms in total. The van der Waals surface area contributed by atoms with Gasteiger partial charge in [-0.1, -0.05) is 13.8 Å². The molecule has 3 rings (SSSR count). The van der Waals surface area contributed by atoms with Crippen LogP contribution in [-0.2, 0) is 18.9 Å². The highest BCUT2D eigenvalue weighted by Gasteiger charge is 2.56. The van der Waals surface area contributed by atoms with Gasteiger partial charge in [-0.3, -0.25) is 0 Å². The molecule has 3 fully saturated rings. The molecule has 2 aliphatic heterocycles. The Morgan fingerprint density at radius 3 is 1.72 bits per heavy atom. The van der Waals surface area contributed by atoms with Gasteiger partial charge in [0, 0.05) is 18.8 Å². The van der Waals surface area contributed by atoms with Crippen LogP contribution in [0.1, 0.15) is 59.3 Å². The first-order valence-electron chi connectivity index (χ1n) is 10.8. The number of aliphatic hydroxyl groups is 2. The van der Waals surface area contributed by atoms with E-state index in [-0.39, 0.29) is 0 Å². The molecule has 2 N–H and O–H groups in total. The van der Waals surface area contributed by atoms with Gasteiger partial charge >= 0.3 is 12.4 Å². The Kier molecular flexibility index (Phi) is 11.2. The van der Waals surface area contributed by atoms with Crippen molar-refractivity contribution < 1.29 is 55.5 Å². The average molecular weight is 484 g/mol. The number of alkyl halides is 6. The van der Waals surface area contributed by atoms with Crippen LogP contribution in [0.3, 0.4) is 0 Å². The van der Waals surface area contributed by atoms with Crippen molar-refractivity contribution in [1.29, 1.82) is 0 Å². The minimum absolute atomic E-state index is 0.292. The number of rotatable bonds is 3. The second kappa shape index (κ2) is 12.2.